The van der Waals surface area contributed by atoms with Gasteiger partial charge >= 0.3 is 6.03 Å². The van der Waals surface area contributed by atoms with Crippen LogP contribution in [0.3, 0.4) is 0 Å². The van der Waals surface area contributed by atoms with E-state index < -0.39 is 0 Å². The largest absolute Gasteiger partial charge is 0.354 e. The number of amides is 2. The zero-order valence-electron chi connectivity index (χ0n) is 24.1. The number of likely N-dealkylation sites (tertiary alicyclic amines) is 1. The lowest BCUT2D eigenvalue weighted by molar-refractivity contribution is 0.122. The lowest BCUT2D eigenvalue weighted by atomic mass is 9.73. The van der Waals surface area contributed by atoms with E-state index >= 15 is 0 Å². The Morgan fingerprint density at radius 3 is 2.51 bits per heavy atom. The van der Waals surface area contributed by atoms with E-state index in [1.54, 1.807) is 4.90 Å². The minimum absolute atomic E-state index is 0.0478. The highest BCUT2D eigenvalue weighted by molar-refractivity contribution is 5.72. The molecule has 2 aromatic heterocycles. The number of aryl methyl sites for hydroxylation is 1. The average molecular weight is 509 g/mol. The zero-order chi connectivity index (χ0) is 27.6. The predicted octanol–water partition coefficient (Wildman–Crippen LogP) is 5.16. The van der Waals surface area contributed by atoms with Gasteiger partial charge in [-0.15, -0.1) is 0 Å². The van der Waals surface area contributed by atoms with Crippen LogP contribution in [0.1, 0.15) is 74.1 Å². The molecule has 0 atom stereocenters. The highest BCUT2D eigenvalue weighted by atomic mass is 16.2. The normalized spacial score (nSPS) is 16.1. The maximum Gasteiger partial charge on any atom is 0.314 e. The molecule has 7 nitrogen and oxygen atoms in total. The van der Waals surface area contributed by atoms with Gasteiger partial charge in [-0.05, 0) is 55.6 Å². The van der Waals surface area contributed by atoms with Gasteiger partial charge in [0.05, 0.1) is 5.69 Å². The van der Waals surface area contributed by atoms with Gasteiger partial charge in [0, 0.05) is 54.7 Å². The predicted molar refractivity (Wildman–Crippen MR) is 157 cm³/mol. The van der Waals surface area contributed by atoms with Crippen LogP contribution in [0.4, 0.5) is 10.7 Å². The number of anilines is 1. The Labute approximate surface area is 223 Å². The van der Waals surface area contributed by atoms with Crippen molar-refractivity contribution in [3.63, 3.8) is 0 Å². The Balaban J connectivity index is 0.00000115. The summed E-state index contributed by atoms with van der Waals surface area (Å²) in [4.78, 5) is 22.5. The molecule has 7 heteroatoms. The third-order valence-electron chi connectivity index (χ3n) is 7.30. The molecule has 37 heavy (non-hydrogen) atoms. The number of hydrogen-bond donors (Lipinski definition) is 2. The van der Waals surface area contributed by atoms with Crippen molar-refractivity contribution < 1.29 is 4.79 Å². The van der Waals surface area contributed by atoms with E-state index in [1.165, 1.54) is 22.6 Å². The van der Waals surface area contributed by atoms with Crippen LogP contribution >= 0.6 is 0 Å². The van der Waals surface area contributed by atoms with Crippen LogP contribution in [-0.2, 0) is 6.54 Å². The Bertz CT molecular complexity index is 1160. The van der Waals surface area contributed by atoms with Crippen molar-refractivity contribution in [1.29, 1.82) is 0 Å². The Kier molecular flexibility index (Phi) is 11.4. The fraction of sp³-hybridized carbons (Fsp3) is 0.567. The number of rotatable bonds is 6. The summed E-state index contributed by atoms with van der Waals surface area (Å²) >= 11 is 0. The van der Waals surface area contributed by atoms with Crippen LogP contribution in [0.2, 0.25) is 0 Å². The average Bonchev–Trinajstić information content (AvgIpc) is 3.30. The molecule has 2 amide bonds. The molecular weight excluding hydrogens is 460 g/mol. The van der Waals surface area contributed by atoms with Gasteiger partial charge in [0.25, 0.3) is 0 Å². The molecule has 2 aliphatic rings. The molecule has 4 rings (SSSR count). The number of nitrogens with two attached hydrogens (primary N) is 1. The maximum absolute atomic E-state index is 11.4. The minimum Gasteiger partial charge on any atom is -0.354 e. The number of carbonyl (C=O) groups excluding carboxylic acids is 1. The highest BCUT2D eigenvalue weighted by Gasteiger charge is 2.33. The first kappa shape index (κ1) is 30.1. The van der Waals surface area contributed by atoms with E-state index in [0.717, 1.165) is 56.7 Å². The number of allylic oxidation sites excluding steroid dienone is 1. The molecule has 4 heterocycles. The summed E-state index contributed by atoms with van der Waals surface area (Å²) in [5, 5.41) is 5.97. The number of fused-ring (bicyclic) bond motifs is 1. The lowest BCUT2D eigenvalue weighted by Crippen LogP contribution is -2.45. The van der Waals surface area contributed by atoms with Crippen molar-refractivity contribution in [3.05, 3.63) is 41.7 Å². The quantitative estimate of drug-likeness (QED) is 0.564. The Hall–Kier alpha value is -3.09. The molecule has 0 radical (unpaired) electrons. The first-order valence-electron chi connectivity index (χ1n) is 13.9. The number of primary amides is 1. The topological polar surface area (TPSA) is 89.1 Å². The molecule has 3 N–H and O–H groups in total. The van der Waals surface area contributed by atoms with Crippen LogP contribution in [0, 0.1) is 11.3 Å². The van der Waals surface area contributed by atoms with E-state index in [0.29, 0.717) is 11.9 Å². The van der Waals surface area contributed by atoms with Crippen LogP contribution in [-0.4, -0.2) is 45.1 Å². The minimum atomic E-state index is -0.317. The fourth-order valence-corrected chi connectivity index (χ4v) is 5.27. The van der Waals surface area contributed by atoms with E-state index in [4.69, 9.17) is 10.7 Å². The van der Waals surface area contributed by atoms with Gasteiger partial charge in [-0.3, -0.25) is 0 Å². The molecule has 0 aromatic carbocycles. The van der Waals surface area contributed by atoms with Gasteiger partial charge in [-0.25, -0.2) is 14.8 Å². The van der Waals surface area contributed by atoms with E-state index in [1.807, 2.05) is 46.0 Å². The van der Waals surface area contributed by atoms with E-state index in [9.17, 15) is 4.79 Å². The van der Waals surface area contributed by atoms with E-state index in [2.05, 4.69) is 54.5 Å². The molecule has 0 spiro atoms. The van der Waals surface area contributed by atoms with Gasteiger partial charge in [0.15, 0.2) is 0 Å². The number of nitrogens with zero attached hydrogens (tertiary/aromatic N) is 4. The molecule has 0 bridgehead atoms. The number of nitrogens with one attached hydrogen (secondary N) is 1. The highest BCUT2D eigenvalue weighted by Crippen LogP contribution is 2.35. The third-order valence-corrected chi connectivity index (χ3v) is 7.30. The summed E-state index contributed by atoms with van der Waals surface area (Å²) in [6, 6.07) is 1.66. The van der Waals surface area contributed by atoms with Crippen molar-refractivity contribution in [2.24, 2.45) is 17.1 Å². The second-order valence-corrected chi connectivity index (χ2v) is 9.99. The molecule has 204 valence electrons. The number of aromatic nitrogens is 3. The summed E-state index contributed by atoms with van der Waals surface area (Å²) in [5.74, 6) is 1.15. The standard InChI is InChI=1S/C26H36N6O.2C2H6/c1-5-7-20-21(16-32-13-6-8-18(2)23(20)32)22-9-12-28-25(30-22)29-17-26(3,4)19-10-14-31(15-11-19)24(27)33;2*1-2/h5,7,9,12,16,19H,1,6,8,10-11,13-15,17H2,2-4H3,(H2,27,33)(H,28,29,30);2*1-2H3/b20-7-;;. The SMILES string of the molecule is C=C/C=c1/c(-c2ccnc(NCC(C)(C)C3CCN(C(N)=O)CC3)n2)cn2c1=C(C)CCC2.CC.CC. The zero-order valence-corrected chi connectivity index (χ0v) is 24.1. The molecule has 1 fully saturated rings. The van der Waals surface area contributed by atoms with Gasteiger partial charge in [0.2, 0.25) is 5.95 Å². The maximum atomic E-state index is 11.4. The second-order valence-electron chi connectivity index (χ2n) is 9.99. The van der Waals surface area contributed by atoms with Gasteiger partial charge in [-0.1, -0.05) is 60.3 Å². The number of urea groups is 1. The number of hydrogen-bond acceptors (Lipinski definition) is 4. The van der Waals surface area contributed by atoms with Crippen molar-refractivity contribution >= 4 is 23.6 Å². The van der Waals surface area contributed by atoms with Crippen LogP contribution in [0.15, 0.2) is 31.1 Å². The third kappa shape index (κ3) is 7.24. The van der Waals surface area contributed by atoms with Crippen LogP contribution < -0.4 is 21.6 Å². The molecular formula is C30H48N6O. The summed E-state index contributed by atoms with van der Waals surface area (Å²) < 4.78 is 2.35. The van der Waals surface area contributed by atoms with Crippen LogP contribution in [0.5, 0.6) is 0 Å². The summed E-state index contributed by atoms with van der Waals surface area (Å²) in [6.07, 6.45) is 12.2. The van der Waals surface area contributed by atoms with Gasteiger partial charge in [0.1, 0.15) is 0 Å². The van der Waals surface area contributed by atoms with Crippen molar-refractivity contribution in [2.45, 2.75) is 80.7 Å². The van der Waals surface area contributed by atoms with E-state index in [-0.39, 0.29) is 11.4 Å². The van der Waals surface area contributed by atoms with Crippen molar-refractivity contribution in [3.8, 4) is 11.3 Å². The van der Waals surface area contributed by atoms with Crippen LogP contribution in [0.25, 0.3) is 22.9 Å². The summed E-state index contributed by atoms with van der Waals surface area (Å²) in [6.45, 7) is 21.9. The first-order valence-corrected chi connectivity index (χ1v) is 13.9. The van der Waals surface area contributed by atoms with Gasteiger partial charge in [-0.2, -0.15) is 0 Å². The Morgan fingerprint density at radius 2 is 1.89 bits per heavy atom. The molecule has 2 aromatic rings. The smallest absolute Gasteiger partial charge is 0.314 e. The molecule has 0 saturated carbocycles. The molecule has 1 saturated heterocycles. The second kappa shape index (κ2) is 14.0. The molecule has 0 aliphatic carbocycles. The monoisotopic (exact) mass is 508 g/mol. The molecule has 0 unspecified atom stereocenters. The first-order chi connectivity index (χ1) is 17.8. The lowest BCUT2D eigenvalue weighted by Gasteiger charge is -2.40. The summed E-state index contributed by atoms with van der Waals surface area (Å²) in [5.41, 5.74) is 8.94. The summed E-state index contributed by atoms with van der Waals surface area (Å²) in [7, 11) is 0. The molecule has 2 aliphatic heterocycles. The number of carbonyl (C=O) groups is 1. The number of piperidine rings is 1. The van der Waals surface area contributed by atoms with Crippen molar-refractivity contribution in [1.82, 2.24) is 19.4 Å². The van der Waals surface area contributed by atoms with Crippen molar-refractivity contribution in [2.75, 3.05) is 25.0 Å². The fourth-order valence-electron chi connectivity index (χ4n) is 5.27. The van der Waals surface area contributed by atoms with Gasteiger partial charge < -0.3 is 20.5 Å². The Morgan fingerprint density at radius 1 is 1.22 bits per heavy atom.